The maximum absolute atomic E-state index is 9.63. The molecule has 0 atom stereocenters. The van der Waals surface area contributed by atoms with Crippen LogP contribution in [0.5, 0.6) is 0 Å². The van der Waals surface area contributed by atoms with E-state index in [1.54, 1.807) is 6.07 Å². The van der Waals surface area contributed by atoms with Gasteiger partial charge in [-0.1, -0.05) is 234 Å². The first-order chi connectivity index (χ1) is 47.4. The van der Waals surface area contributed by atoms with Gasteiger partial charge in [0.15, 0.2) is 0 Å². The van der Waals surface area contributed by atoms with Gasteiger partial charge in [-0.25, -0.2) is 0 Å². The number of nitrogens with zero attached hydrogens (tertiary/aromatic N) is 4. The fourth-order valence-electron chi connectivity index (χ4n) is 14.9. The summed E-state index contributed by atoms with van der Waals surface area (Å²) in [5, 5.41) is 39.0. The standard InChI is InChI=1S/C44H28N2.C26H18BNO2.C18H12BrN/c1-2-11-33(12-3-1)45-41-16-8-6-14-37(41)39-27-30(20-24-43(39)45)31-21-25-44-40(28-31)38-15-7-9-17-42(38)46(44)34-22-23-36-32(26-34)19-18-29-10-4-5-13-35(29)36;29-27(30)19-11-14-26-24(16-19)23-7-3-4-8-25(23)28(26)20-12-13-22-18(15-20)10-9-17-5-1-2-6-21(17)22;19-13-10-11-18-16(12-13)15-8-4-5-9-17(15)20(18)14-6-2-1-3-7-14/h1-28H;1-16,29-30H;1-12H. The molecule has 8 heteroatoms. The molecule has 2 N–H and O–H groups in total. The van der Waals surface area contributed by atoms with Gasteiger partial charge >= 0.3 is 7.12 Å². The second-order valence-corrected chi connectivity index (χ2v) is 25.7. The van der Waals surface area contributed by atoms with Gasteiger partial charge in [0.05, 0.1) is 44.1 Å². The van der Waals surface area contributed by atoms with Crippen LogP contribution in [-0.2, 0) is 0 Å². The number of hydrogen-bond donors (Lipinski definition) is 2. The van der Waals surface area contributed by atoms with Crippen LogP contribution in [0.2, 0.25) is 0 Å². The molecular weight excluding hydrogens is 1240 g/mol. The van der Waals surface area contributed by atoms with Crippen molar-refractivity contribution in [3.05, 3.63) is 344 Å². The van der Waals surface area contributed by atoms with Gasteiger partial charge < -0.3 is 28.3 Å². The van der Waals surface area contributed by atoms with E-state index in [2.05, 4.69) is 338 Å². The Kier molecular flexibility index (Phi) is 13.8. The van der Waals surface area contributed by atoms with E-state index in [0.29, 0.717) is 5.46 Å². The minimum atomic E-state index is -1.48. The van der Waals surface area contributed by atoms with Crippen molar-refractivity contribution in [3.8, 4) is 33.9 Å². The topological polar surface area (TPSA) is 60.2 Å². The summed E-state index contributed by atoms with van der Waals surface area (Å²) in [5.74, 6) is 0. The van der Waals surface area contributed by atoms with Crippen LogP contribution in [0.15, 0.2) is 344 Å². The molecule has 0 aliphatic rings. The Bertz CT molecular complexity index is 6460. The molecule has 0 saturated heterocycles. The number of aromatic nitrogens is 4. The van der Waals surface area contributed by atoms with Gasteiger partial charge in [-0.2, -0.15) is 0 Å². The van der Waals surface area contributed by atoms with E-state index in [1.807, 2.05) is 30.3 Å². The molecule has 20 rings (SSSR count). The molecule has 0 spiro atoms. The van der Waals surface area contributed by atoms with Crippen LogP contribution >= 0.6 is 15.9 Å². The normalized spacial score (nSPS) is 11.7. The monoisotopic (exact) mass is 1290 g/mol. The lowest BCUT2D eigenvalue weighted by Gasteiger charge is -2.11. The molecule has 452 valence electrons. The Balaban J connectivity index is 0.000000115. The number of rotatable bonds is 6. The molecule has 0 amide bonds. The van der Waals surface area contributed by atoms with Crippen molar-refractivity contribution in [1.29, 1.82) is 0 Å². The van der Waals surface area contributed by atoms with E-state index in [1.165, 1.54) is 137 Å². The molecule has 96 heavy (non-hydrogen) atoms. The van der Waals surface area contributed by atoms with Crippen molar-refractivity contribution in [1.82, 2.24) is 18.3 Å². The summed E-state index contributed by atoms with van der Waals surface area (Å²) >= 11 is 3.57. The highest BCUT2D eigenvalue weighted by Gasteiger charge is 2.20. The van der Waals surface area contributed by atoms with E-state index in [-0.39, 0.29) is 0 Å². The number of para-hydroxylation sites is 6. The summed E-state index contributed by atoms with van der Waals surface area (Å²) in [5.41, 5.74) is 17.1. The average Bonchev–Trinajstić information content (AvgIpc) is 2.13. The lowest BCUT2D eigenvalue weighted by molar-refractivity contribution is 0.426. The first kappa shape index (κ1) is 56.9. The minimum absolute atomic E-state index is 0.496. The van der Waals surface area contributed by atoms with Crippen molar-refractivity contribution in [2.24, 2.45) is 0 Å². The van der Waals surface area contributed by atoms with Gasteiger partial charge in [-0.15, -0.1) is 0 Å². The van der Waals surface area contributed by atoms with Crippen molar-refractivity contribution < 1.29 is 10.0 Å². The third-order valence-corrected chi connectivity index (χ3v) is 19.8. The van der Waals surface area contributed by atoms with Gasteiger partial charge in [0, 0.05) is 70.3 Å². The van der Waals surface area contributed by atoms with Crippen LogP contribution in [0.25, 0.3) is 164 Å². The van der Waals surface area contributed by atoms with E-state index < -0.39 is 7.12 Å². The maximum Gasteiger partial charge on any atom is 0.488 e. The summed E-state index contributed by atoms with van der Waals surface area (Å²) in [6, 6.07) is 121. The van der Waals surface area contributed by atoms with Crippen molar-refractivity contribution >= 4 is 159 Å². The first-order valence-corrected chi connectivity index (χ1v) is 33.3. The van der Waals surface area contributed by atoms with Gasteiger partial charge in [0.1, 0.15) is 0 Å². The fourth-order valence-corrected chi connectivity index (χ4v) is 15.3. The summed E-state index contributed by atoms with van der Waals surface area (Å²) in [6.07, 6.45) is 0. The molecule has 0 fully saturated rings. The zero-order valence-electron chi connectivity index (χ0n) is 52.0. The number of fused-ring (bicyclic) bond motifs is 18. The Labute approximate surface area is 561 Å². The summed E-state index contributed by atoms with van der Waals surface area (Å²) in [4.78, 5) is 0. The largest absolute Gasteiger partial charge is 0.488 e. The predicted molar refractivity (Wildman–Crippen MR) is 410 cm³/mol. The third-order valence-electron chi connectivity index (χ3n) is 19.3. The second-order valence-electron chi connectivity index (χ2n) is 24.7. The molecular formula is C88H58BBrN4O2. The lowest BCUT2D eigenvalue weighted by atomic mass is 9.80. The van der Waals surface area contributed by atoms with Crippen LogP contribution in [-0.4, -0.2) is 35.4 Å². The van der Waals surface area contributed by atoms with Crippen LogP contribution < -0.4 is 5.46 Å². The van der Waals surface area contributed by atoms with E-state index in [4.69, 9.17) is 0 Å². The molecule has 4 aromatic heterocycles. The molecule has 20 aromatic rings. The van der Waals surface area contributed by atoms with Crippen LogP contribution in [0.4, 0.5) is 0 Å². The Morgan fingerprint density at radius 2 is 0.521 bits per heavy atom. The zero-order valence-corrected chi connectivity index (χ0v) is 53.6. The highest BCUT2D eigenvalue weighted by molar-refractivity contribution is 9.10. The Morgan fingerprint density at radius 1 is 0.208 bits per heavy atom. The molecule has 0 aliphatic carbocycles. The number of halogens is 1. The van der Waals surface area contributed by atoms with Crippen molar-refractivity contribution in [3.63, 3.8) is 0 Å². The fraction of sp³-hybridized carbons (Fsp3) is 0. The molecule has 0 bridgehead atoms. The van der Waals surface area contributed by atoms with E-state index >= 15 is 0 Å². The highest BCUT2D eigenvalue weighted by Crippen LogP contribution is 2.41. The average molecular weight is 1290 g/mol. The molecule has 16 aromatic carbocycles. The van der Waals surface area contributed by atoms with Crippen molar-refractivity contribution in [2.45, 2.75) is 0 Å². The Hall–Kier alpha value is -11.8. The first-order valence-electron chi connectivity index (χ1n) is 32.5. The smallest absolute Gasteiger partial charge is 0.423 e. The van der Waals surface area contributed by atoms with Crippen LogP contribution in [0.1, 0.15) is 0 Å². The van der Waals surface area contributed by atoms with Crippen LogP contribution in [0, 0.1) is 0 Å². The third kappa shape index (κ3) is 9.56. The van der Waals surface area contributed by atoms with Gasteiger partial charge in [-0.3, -0.25) is 0 Å². The summed E-state index contributed by atoms with van der Waals surface area (Å²) in [6.45, 7) is 0. The Morgan fingerprint density at radius 3 is 0.948 bits per heavy atom. The van der Waals surface area contributed by atoms with E-state index in [0.717, 1.165) is 32.0 Å². The second kappa shape index (κ2) is 23.4. The number of benzene rings is 16. The van der Waals surface area contributed by atoms with Crippen molar-refractivity contribution in [2.75, 3.05) is 0 Å². The molecule has 4 heterocycles. The predicted octanol–water partition coefficient (Wildman–Crippen LogP) is 22.2. The highest BCUT2D eigenvalue weighted by atomic mass is 79.9. The SMILES string of the molecule is Brc1ccc2c(c1)c1ccccc1n2-c1ccccc1.OB(O)c1ccc2c(c1)c1ccccc1n2-c1ccc2c(ccc3ccccc32)c1.c1ccc(-n2c3ccccc3c3cc(-c4ccc5c(c4)c4ccccc4n5-c4ccc5c(ccc6ccccc65)c4)ccc32)cc1. The van der Waals surface area contributed by atoms with Gasteiger partial charge in [0.2, 0.25) is 0 Å². The molecule has 0 radical (unpaired) electrons. The van der Waals surface area contributed by atoms with Gasteiger partial charge in [0.25, 0.3) is 0 Å². The van der Waals surface area contributed by atoms with Gasteiger partial charge in [-0.05, 0) is 181 Å². The number of hydrogen-bond acceptors (Lipinski definition) is 2. The van der Waals surface area contributed by atoms with Crippen LogP contribution in [0.3, 0.4) is 0 Å². The molecule has 6 nitrogen and oxygen atoms in total. The lowest BCUT2D eigenvalue weighted by Crippen LogP contribution is -2.29. The molecule has 0 unspecified atom stereocenters. The minimum Gasteiger partial charge on any atom is -0.423 e. The summed E-state index contributed by atoms with van der Waals surface area (Å²) in [7, 11) is -1.48. The quantitative estimate of drug-likeness (QED) is 0.129. The zero-order chi connectivity index (χ0) is 64.0. The maximum atomic E-state index is 9.63. The van der Waals surface area contributed by atoms with E-state index in [9.17, 15) is 10.0 Å². The molecule has 0 aliphatic heterocycles. The molecule has 0 saturated carbocycles. The summed E-state index contributed by atoms with van der Waals surface area (Å²) < 4.78 is 10.5.